The first-order valence-corrected chi connectivity index (χ1v) is 21.2. The number of hydrogen-bond donors (Lipinski definition) is 3. The number of imide groups is 1. The zero-order chi connectivity index (χ0) is 41.6. The number of aliphatic hydroxyl groups is 1. The molecule has 1 aromatic rings. The number of rotatable bonds is 8. The topological polar surface area (TPSA) is 159 Å². The van der Waals surface area contributed by atoms with Crippen molar-refractivity contribution in [3.8, 4) is 0 Å². The van der Waals surface area contributed by atoms with Gasteiger partial charge in [0.15, 0.2) is 5.76 Å². The number of anilines is 1. The summed E-state index contributed by atoms with van der Waals surface area (Å²) in [7, 11) is 0. The normalized spacial score (nSPS) is 35.3. The highest BCUT2D eigenvalue weighted by atomic mass is 16.5. The number of fused-ring (bicyclic) bond motifs is 8. The van der Waals surface area contributed by atoms with Gasteiger partial charge in [-0.25, -0.2) is 0 Å². The predicted octanol–water partition coefficient (Wildman–Crippen LogP) is 7.73. The fourth-order valence-corrected chi connectivity index (χ4v) is 12.3. The number of hydrogen-bond acceptors (Lipinski definition) is 8. The first kappa shape index (κ1) is 40.0. The Hall–Kier alpha value is -4.80. The molecule has 0 spiro atoms. The second-order valence-electron chi connectivity index (χ2n) is 19.5. The van der Waals surface area contributed by atoms with Gasteiger partial charge in [-0.15, -0.1) is 0 Å². The Labute approximate surface area is 340 Å². The van der Waals surface area contributed by atoms with E-state index < -0.39 is 17.4 Å². The number of ketones is 1. The SMILES string of the molecule is CC1=C(O)C(=O)C=C2C1=CC=C1[C@@]2(C)CC[C@@]2(C)[C@@H]3C[C@](C)(C(=O)OCCCCC(=O)Nc4cccc5c4CN(C4CCC(=O)NC4=O)C5=O)CC[C@]3(C)CC[C@]12C. The summed E-state index contributed by atoms with van der Waals surface area (Å²) in [5, 5.41) is 15.7. The van der Waals surface area contributed by atoms with Gasteiger partial charge in [-0.2, -0.15) is 0 Å². The molecule has 4 amide bonds. The van der Waals surface area contributed by atoms with E-state index in [1.807, 2.05) is 6.92 Å². The molecule has 3 saturated carbocycles. The molecule has 1 unspecified atom stereocenters. The molecule has 11 heteroatoms. The fourth-order valence-electron chi connectivity index (χ4n) is 12.3. The monoisotopic (exact) mass is 791 g/mol. The van der Waals surface area contributed by atoms with Gasteiger partial charge in [0.1, 0.15) is 6.04 Å². The van der Waals surface area contributed by atoms with E-state index in [1.54, 1.807) is 24.3 Å². The molecule has 7 aliphatic rings. The lowest BCUT2D eigenvalue weighted by Crippen LogP contribution is -2.62. The number of amides is 4. The number of carbonyl (C=O) groups is 6. The van der Waals surface area contributed by atoms with Gasteiger partial charge in [0.05, 0.1) is 12.0 Å². The molecule has 0 aromatic heterocycles. The molecule has 5 aliphatic carbocycles. The van der Waals surface area contributed by atoms with Crippen LogP contribution in [0.2, 0.25) is 0 Å². The summed E-state index contributed by atoms with van der Waals surface area (Å²) in [4.78, 5) is 78.7. The number of esters is 1. The maximum Gasteiger partial charge on any atom is 0.311 e. The average molecular weight is 792 g/mol. The number of ether oxygens (including phenoxy) is 1. The zero-order valence-corrected chi connectivity index (χ0v) is 34.8. The molecule has 0 bridgehead atoms. The summed E-state index contributed by atoms with van der Waals surface area (Å²) >= 11 is 0. The average Bonchev–Trinajstić information content (AvgIpc) is 3.52. The highest BCUT2D eigenvalue weighted by molar-refractivity contribution is 6.07. The van der Waals surface area contributed by atoms with E-state index in [9.17, 15) is 33.9 Å². The molecule has 1 saturated heterocycles. The third-order valence-electron chi connectivity index (χ3n) is 16.3. The summed E-state index contributed by atoms with van der Waals surface area (Å²) in [5.41, 5.74) is 4.57. The zero-order valence-electron chi connectivity index (χ0n) is 34.8. The van der Waals surface area contributed by atoms with E-state index in [0.29, 0.717) is 41.1 Å². The van der Waals surface area contributed by atoms with Gasteiger partial charge in [0.2, 0.25) is 23.5 Å². The molecule has 3 N–H and O–H groups in total. The van der Waals surface area contributed by atoms with E-state index in [4.69, 9.17) is 4.74 Å². The van der Waals surface area contributed by atoms with Gasteiger partial charge in [-0.1, -0.05) is 51.5 Å². The Morgan fingerprint density at radius 1 is 0.966 bits per heavy atom. The Morgan fingerprint density at radius 2 is 1.72 bits per heavy atom. The molecule has 4 fully saturated rings. The van der Waals surface area contributed by atoms with Crippen LogP contribution in [0.3, 0.4) is 0 Å². The molecule has 2 heterocycles. The molecule has 1 aromatic carbocycles. The van der Waals surface area contributed by atoms with Crippen molar-refractivity contribution in [3.63, 3.8) is 0 Å². The van der Waals surface area contributed by atoms with Crippen molar-refractivity contribution >= 4 is 41.1 Å². The number of aliphatic hydroxyl groups excluding tert-OH is 1. The number of benzene rings is 1. The Morgan fingerprint density at radius 3 is 2.48 bits per heavy atom. The van der Waals surface area contributed by atoms with Crippen LogP contribution < -0.4 is 10.6 Å². The molecule has 8 rings (SSSR count). The van der Waals surface area contributed by atoms with Crippen molar-refractivity contribution in [2.24, 2.45) is 33.0 Å². The van der Waals surface area contributed by atoms with Gasteiger partial charge in [-0.3, -0.25) is 34.1 Å². The van der Waals surface area contributed by atoms with E-state index in [2.05, 4.69) is 57.4 Å². The van der Waals surface area contributed by atoms with Crippen LogP contribution in [-0.2, 0) is 35.3 Å². The summed E-state index contributed by atoms with van der Waals surface area (Å²) in [5.74, 6) is -1.69. The van der Waals surface area contributed by atoms with Gasteiger partial charge in [0, 0.05) is 47.2 Å². The van der Waals surface area contributed by atoms with Crippen molar-refractivity contribution < 1.29 is 38.6 Å². The summed E-state index contributed by atoms with van der Waals surface area (Å²) < 4.78 is 5.99. The standard InChI is InChI=1S/C47H57N3O8/c1-27-28-13-15-35-45(4,31(28)24-34(51)39(27)54)20-22-47(6)36-25-44(3,18-17-43(36,2)19-21-46(35,47)5)42(57)58-23-8-7-12-37(52)48-32-11-9-10-29-30(32)26-50(41(29)56)33-14-16-38(53)49-40(33)55/h9-11,13,15,24,33,36,54H,7-8,12,14,16-23,25-26H2,1-6H3,(H,48,52)(H,49,53,55)/t33?,36-,43-,44-,45+,46-,47+/m1/s1. The van der Waals surface area contributed by atoms with Gasteiger partial charge in [-0.05, 0) is 130 Å². The van der Waals surface area contributed by atoms with Crippen LogP contribution in [0.25, 0.3) is 0 Å². The second kappa shape index (κ2) is 13.9. The third-order valence-corrected chi connectivity index (χ3v) is 16.3. The molecule has 0 radical (unpaired) electrons. The van der Waals surface area contributed by atoms with Crippen molar-refractivity contribution in [1.29, 1.82) is 0 Å². The van der Waals surface area contributed by atoms with E-state index in [1.165, 1.54) is 10.5 Å². The Kier molecular flexibility index (Phi) is 9.59. The van der Waals surface area contributed by atoms with Crippen LogP contribution in [0, 0.1) is 33.0 Å². The summed E-state index contributed by atoms with van der Waals surface area (Å²) in [6.07, 6.45) is 14.2. The van der Waals surface area contributed by atoms with Crippen molar-refractivity contribution in [3.05, 3.63) is 75.6 Å². The lowest BCUT2D eigenvalue weighted by molar-refractivity contribution is -0.182. The molecule has 2 aliphatic heterocycles. The maximum absolute atomic E-state index is 14.0. The van der Waals surface area contributed by atoms with E-state index in [-0.39, 0.29) is 89.3 Å². The van der Waals surface area contributed by atoms with Gasteiger partial charge >= 0.3 is 5.97 Å². The number of allylic oxidation sites excluding steroid dienone is 7. The molecule has 11 nitrogen and oxygen atoms in total. The number of unbranched alkanes of at least 4 members (excludes halogenated alkanes) is 1. The van der Waals surface area contributed by atoms with Crippen LogP contribution in [0.5, 0.6) is 0 Å². The van der Waals surface area contributed by atoms with Crippen molar-refractivity contribution in [2.45, 2.75) is 131 Å². The number of nitrogens with one attached hydrogen (secondary N) is 2. The smallest absolute Gasteiger partial charge is 0.311 e. The number of carbonyl (C=O) groups excluding carboxylic acids is 6. The van der Waals surface area contributed by atoms with Crippen LogP contribution in [0.15, 0.2) is 64.5 Å². The predicted molar refractivity (Wildman–Crippen MR) is 217 cm³/mol. The lowest BCUT2D eigenvalue weighted by atomic mass is 9.34. The largest absolute Gasteiger partial charge is 0.504 e. The molecule has 7 atom stereocenters. The maximum atomic E-state index is 14.0. The van der Waals surface area contributed by atoms with Crippen LogP contribution in [-0.4, -0.2) is 58.0 Å². The second-order valence-corrected chi connectivity index (χ2v) is 19.5. The molecular formula is C47H57N3O8. The van der Waals surface area contributed by atoms with Crippen LogP contribution >= 0.6 is 0 Å². The molecule has 308 valence electrons. The first-order valence-electron chi connectivity index (χ1n) is 21.2. The lowest BCUT2D eigenvalue weighted by Gasteiger charge is -2.70. The minimum Gasteiger partial charge on any atom is -0.504 e. The first-order chi connectivity index (χ1) is 27.3. The minimum atomic E-state index is -0.734. The minimum absolute atomic E-state index is 0.0757. The molecular weight excluding hydrogens is 735 g/mol. The summed E-state index contributed by atoms with van der Waals surface area (Å²) in [6, 6.07) is 4.40. The van der Waals surface area contributed by atoms with Crippen molar-refractivity contribution in [1.82, 2.24) is 10.2 Å². The van der Waals surface area contributed by atoms with E-state index in [0.717, 1.165) is 56.1 Å². The highest BCUT2D eigenvalue weighted by Crippen LogP contribution is 2.75. The van der Waals surface area contributed by atoms with Crippen molar-refractivity contribution in [2.75, 3.05) is 11.9 Å². The van der Waals surface area contributed by atoms with Gasteiger partial charge in [0.25, 0.3) is 5.91 Å². The molecule has 58 heavy (non-hydrogen) atoms. The fraction of sp³-hybridized carbons (Fsp3) is 0.574. The van der Waals surface area contributed by atoms with E-state index >= 15 is 0 Å². The summed E-state index contributed by atoms with van der Waals surface area (Å²) in [6.45, 7) is 13.9. The Balaban J connectivity index is 0.878. The number of nitrogens with zero attached hydrogens (tertiary/aromatic N) is 1. The third kappa shape index (κ3) is 6.04. The van der Waals surface area contributed by atoms with Gasteiger partial charge < -0.3 is 20.1 Å². The van der Waals surface area contributed by atoms with Crippen LogP contribution in [0.4, 0.5) is 5.69 Å². The quantitative estimate of drug-likeness (QED) is 0.137. The van der Waals surface area contributed by atoms with Crippen LogP contribution in [0.1, 0.15) is 135 Å². The number of piperidine rings is 1. The highest BCUT2D eigenvalue weighted by Gasteiger charge is 2.67. The Bertz CT molecular complexity index is 2180.